The van der Waals surface area contributed by atoms with Crippen molar-refractivity contribution >= 4 is 17.5 Å². The fraction of sp³-hybridized carbons (Fsp3) is 0.467. The van der Waals surface area contributed by atoms with Crippen molar-refractivity contribution in [1.29, 1.82) is 0 Å². The number of rotatable bonds is 3. The van der Waals surface area contributed by atoms with Crippen molar-refractivity contribution in [2.45, 2.75) is 32.2 Å². The molecule has 1 unspecified atom stereocenters. The SMILES string of the molecule is CCc1ccc(N2CC(=O)NC(C3CC3)C2=O)cc1. The third kappa shape index (κ3) is 2.35. The number of hydrogen-bond donors (Lipinski definition) is 1. The Morgan fingerprint density at radius 3 is 2.47 bits per heavy atom. The third-order valence-electron chi connectivity index (χ3n) is 3.90. The molecule has 1 saturated heterocycles. The zero-order valence-corrected chi connectivity index (χ0v) is 11.1. The molecule has 4 heteroatoms. The van der Waals surface area contributed by atoms with Gasteiger partial charge in [0, 0.05) is 5.69 Å². The number of aryl methyl sites for hydroxylation is 1. The van der Waals surface area contributed by atoms with Gasteiger partial charge in [-0.1, -0.05) is 19.1 Å². The zero-order valence-electron chi connectivity index (χ0n) is 11.1. The number of carbonyl (C=O) groups excluding carboxylic acids is 2. The maximum atomic E-state index is 12.4. The molecular formula is C15H18N2O2. The van der Waals surface area contributed by atoms with E-state index >= 15 is 0 Å². The van der Waals surface area contributed by atoms with Crippen LogP contribution in [0.25, 0.3) is 0 Å². The van der Waals surface area contributed by atoms with Crippen LogP contribution in [-0.4, -0.2) is 24.4 Å². The molecule has 100 valence electrons. The summed E-state index contributed by atoms with van der Waals surface area (Å²) in [7, 11) is 0. The van der Waals surface area contributed by atoms with E-state index in [4.69, 9.17) is 0 Å². The van der Waals surface area contributed by atoms with Gasteiger partial charge in [-0.15, -0.1) is 0 Å². The fourth-order valence-corrected chi connectivity index (χ4v) is 2.55. The zero-order chi connectivity index (χ0) is 13.4. The molecule has 1 aliphatic carbocycles. The molecule has 2 fully saturated rings. The van der Waals surface area contributed by atoms with Gasteiger partial charge in [-0.05, 0) is 42.9 Å². The standard InChI is InChI=1S/C15H18N2O2/c1-2-10-3-7-12(8-4-10)17-9-13(18)16-14(15(17)19)11-5-6-11/h3-4,7-8,11,14H,2,5-6,9H2,1H3,(H,16,18). The molecule has 19 heavy (non-hydrogen) atoms. The van der Waals surface area contributed by atoms with Gasteiger partial charge in [0.2, 0.25) is 11.8 Å². The molecule has 0 aromatic heterocycles. The molecule has 3 rings (SSSR count). The summed E-state index contributed by atoms with van der Waals surface area (Å²) in [6.45, 7) is 2.23. The Labute approximate surface area is 112 Å². The summed E-state index contributed by atoms with van der Waals surface area (Å²) in [5, 5.41) is 2.82. The Hall–Kier alpha value is -1.84. The first-order valence-corrected chi connectivity index (χ1v) is 6.88. The van der Waals surface area contributed by atoms with E-state index in [9.17, 15) is 9.59 Å². The van der Waals surface area contributed by atoms with Crippen molar-refractivity contribution in [3.05, 3.63) is 29.8 Å². The summed E-state index contributed by atoms with van der Waals surface area (Å²) < 4.78 is 0. The molecule has 2 amide bonds. The first kappa shape index (κ1) is 12.2. The van der Waals surface area contributed by atoms with Gasteiger partial charge in [0.05, 0.1) is 0 Å². The number of benzene rings is 1. The highest BCUT2D eigenvalue weighted by Gasteiger charge is 2.42. The predicted molar refractivity (Wildman–Crippen MR) is 72.8 cm³/mol. The second kappa shape index (κ2) is 4.68. The minimum absolute atomic E-state index is 0.0337. The van der Waals surface area contributed by atoms with Gasteiger partial charge < -0.3 is 10.2 Å². The molecule has 0 radical (unpaired) electrons. The first-order chi connectivity index (χ1) is 9.19. The summed E-state index contributed by atoms with van der Waals surface area (Å²) in [5.74, 6) is 0.316. The van der Waals surface area contributed by atoms with Crippen LogP contribution in [0.5, 0.6) is 0 Å². The predicted octanol–water partition coefficient (Wildman–Crippen LogP) is 1.49. The quantitative estimate of drug-likeness (QED) is 0.893. The molecule has 4 nitrogen and oxygen atoms in total. The Bertz CT molecular complexity index is 505. The van der Waals surface area contributed by atoms with Crippen molar-refractivity contribution < 1.29 is 9.59 Å². The Kier molecular flexibility index (Phi) is 3.01. The normalized spacial score (nSPS) is 23.4. The van der Waals surface area contributed by atoms with E-state index in [-0.39, 0.29) is 24.4 Å². The van der Waals surface area contributed by atoms with Gasteiger partial charge in [0.15, 0.2) is 0 Å². The molecule has 1 aromatic carbocycles. The highest BCUT2D eigenvalue weighted by molar-refractivity contribution is 6.06. The third-order valence-corrected chi connectivity index (χ3v) is 3.90. The van der Waals surface area contributed by atoms with Gasteiger partial charge in [-0.2, -0.15) is 0 Å². The Morgan fingerprint density at radius 1 is 1.21 bits per heavy atom. The minimum atomic E-state index is -0.313. The molecule has 1 saturated carbocycles. The second-order valence-corrected chi connectivity index (χ2v) is 5.33. The molecule has 1 atom stereocenters. The van der Waals surface area contributed by atoms with E-state index in [1.54, 1.807) is 4.90 Å². The van der Waals surface area contributed by atoms with Crippen LogP contribution >= 0.6 is 0 Å². The van der Waals surface area contributed by atoms with E-state index in [1.165, 1.54) is 5.56 Å². The topological polar surface area (TPSA) is 49.4 Å². The molecule has 1 aromatic rings. The number of anilines is 1. The number of carbonyl (C=O) groups is 2. The van der Waals surface area contributed by atoms with Gasteiger partial charge >= 0.3 is 0 Å². The van der Waals surface area contributed by atoms with Crippen molar-refractivity contribution in [2.75, 3.05) is 11.4 Å². The fourth-order valence-electron chi connectivity index (χ4n) is 2.55. The molecule has 2 aliphatic rings. The van der Waals surface area contributed by atoms with Gasteiger partial charge in [0.25, 0.3) is 0 Å². The maximum absolute atomic E-state index is 12.4. The van der Waals surface area contributed by atoms with Crippen molar-refractivity contribution in [3.63, 3.8) is 0 Å². The largest absolute Gasteiger partial charge is 0.342 e. The van der Waals surface area contributed by atoms with Gasteiger partial charge in [-0.3, -0.25) is 9.59 Å². The van der Waals surface area contributed by atoms with E-state index in [2.05, 4.69) is 12.2 Å². The van der Waals surface area contributed by atoms with Crippen LogP contribution in [0.1, 0.15) is 25.3 Å². The van der Waals surface area contributed by atoms with E-state index in [0.29, 0.717) is 5.92 Å². The van der Waals surface area contributed by atoms with E-state index < -0.39 is 0 Å². The maximum Gasteiger partial charge on any atom is 0.250 e. The van der Waals surface area contributed by atoms with Crippen LogP contribution in [-0.2, 0) is 16.0 Å². The Balaban J connectivity index is 1.84. The highest BCUT2D eigenvalue weighted by Crippen LogP contribution is 2.35. The number of nitrogens with one attached hydrogen (secondary N) is 1. The molecule has 0 bridgehead atoms. The van der Waals surface area contributed by atoms with Crippen molar-refractivity contribution in [1.82, 2.24) is 5.32 Å². The smallest absolute Gasteiger partial charge is 0.250 e. The minimum Gasteiger partial charge on any atom is -0.342 e. The van der Waals surface area contributed by atoms with E-state index in [1.807, 2.05) is 24.3 Å². The lowest BCUT2D eigenvalue weighted by molar-refractivity contribution is -0.131. The summed E-state index contributed by atoms with van der Waals surface area (Å²) in [6, 6.07) is 7.58. The Morgan fingerprint density at radius 2 is 1.89 bits per heavy atom. The van der Waals surface area contributed by atoms with Crippen LogP contribution in [0.2, 0.25) is 0 Å². The number of nitrogens with zero attached hydrogens (tertiary/aromatic N) is 1. The average Bonchev–Trinajstić information content (AvgIpc) is 3.25. The molecule has 1 aliphatic heterocycles. The van der Waals surface area contributed by atoms with Gasteiger partial charge in [0.1, 0.15) is 12.6 Å². The van der Waals surface area contributed by atoms with Crippen molar-refractivity contribution in [2.24, 2.45) is 5.92 Å². The molecule has 1 N–H and O–H groups in total. The first-order valence-electron chi connectivity index (χ1n) is 6.88. The van der Waals surface area contributed by atoms with Crippen LogP contribution in [0.3, 0.4) is 0 Å². The number of amides is 2. The lowest BCUT2D eigenvalue weighted by Crippen LogP contribution is -2.59. The van der Waals surface area contributed by atoms with Gasteiger partial charge in [-0.25, -0.2) is 0 Å². The second-order valence-electron chi connectivity index (χ2n) is 5.33. The number of piperazine rings is 1. The molecular weight excluding hydrogens is 240 g/mol. The van der Waals surface area contributed by atoms with Crippen LogP contribution in [0.4, 0.5) is 5.69 Å². The summed E-state index contributed by atoms with van der Waals surface area (Å²) in [6.07, 6.45) is 3.05. The van der Waals surface area contributed by atoms with Crippen molar-refractivity contribution in [3.8, 4) is 0 Å². The van der Waals surface area contributed by atoms with Crippen LogP contribution in [0.15, 0.2) is 24.3 Å². The lowest BCUT2D eigenvalue weighted by Gasteiger charge is -2.32. The molecule has 0 spiro atoms. The van der Waals surface area contributed by atoms with E-state index in [0.717, 1.165) is 24.9 Å². The lowest BCUT2D eigenvalue weighted by atomic mass is 10.1. The summed E-state index contributed by atoms with van der Waals surface area (Å²) >= 11 is 0. The number of hydrogen-bond acceptors (Lipinski definition) is 2. The molecule has 1 heterocycles. The summed E-state index contributed by atoms with van der Waals surface area (Å²) in [4.78, 5) is 25.8. The average molecular weight is 258 g/mol. The monoisotopic (exact) mass is 258 g/mol. The summed E-state index contributed by atoms with van der Waals surface area (Å²) in [5.41, 5.74) is 2.05. The van der Waals surface area contributed by atoms with Crippen LogP contribution in [0, 0.1) is 5.92 Å². The highest BCUT2D eigenvalue weighted by atomic mass is 16.2. The van der Waals surface area contributed by atoms with Crippen LogP contribution < -0.4 is 10.2 Å².